The first kappa shape index (κ1) is 19.9. The quantitative estimate of drug-likeness (QED) is 0.598. The van der Waals surface area contributed by atoms with Crippen LogP contribution >= 0.6 is 0 Å². The van der Waals surface area contributed by atoms with Gasteiger partial charge >= 0.3 is 12.0 Å². The zero-order valence-corrected chi connectivity index (χ0v) is 16.2. The van der Waals surface area contributed by atoms with Crippen LogP contribution in [0.15, 0.2) is 53.1 Å². The number of rotatable bonds is 8. The van der Waals surface area contributed by atoms with E-state index in [0.29, 0.717) is 31.3 Å². The van der Waals surface area contributed by atoms with Crippen molar-refractivity contribution >= 4 is 5.97 Å². The standard InChI is InChI=1S/C21H21N3O6/c25-20(26)15-4-1-2-5-17(15)30-19-14-16(18-6-3-10-28-18)22-21(23-19)29-13-9-24-7-11-27-12-8-24/h1-6,10,14H,7-9,11-13H2,(H,25,26). The summed E-state index contributed by atoms with van der Waals surface area (Å²) in [7, 11) is 0. The fourth-order valence-corrected chi connectivity index (χ4v) is 3.01. The molecule has 1 fully saturated rings. The molecule has 0 aliphatic carbocycles. The molecule has 0 amide bonds. The summed E-state index contributed by atoms with van der Waals surface area (Å²) >= 11 is 0. The number of hydrogen-bond donors (Lipinski definition) is 1. The lowest BCUT2D eigenvalue weighted by Crippen LogP contribution is -2.38. The van der Waals surface area contributed by atoms with Gasteiger partial charge in [0.25, 0.3) is 0 Å². The fourth-order valence-electron chi connectivity index (χ4n) is 3.01. The highest BCUT2D eigenvalue weighted by Crippen LogP contribution is 2.29. The Morgan fingerprint density at radius 3 is 2.73 bits per heavy atom. The molecule has 0 saturated carbocycles. The molecule has 3 aromatic rings. The van der Waals surface area contributed by atoms with Crippen molar-refractivity contribution in [1.82, 2.24) is 14.9 Å². The Balaban J connectivity index is 1.54. The molecule has 1 aliphatic heterocycles. The van der Waals surface area contributed by atoms with Crippen molar-refractivity contribution < 1.29 is 28.5 Å². The van der Waals surface area contributed by atoms with Crippen LogP contribution in [0, 0.1) is 0 Å². The summed E-state index contributed by atoms with van der Waals surface area (Å²) in [6.45, 7) is 4.26. The van der Waals surface area contributed by atoms with E-state index in [4.69, 9.17) is 18.6 Å². The topological polar surface area (TPSA) is 107 Å². The van der Waals surface area contributed by atoms with Gasteiger partial charge in [-0.25, -0.2) is 4.79 Å². The number of carbonyl (C=O) groups is 1. The largest absolute Gasteiger partial charge is 0.478 e. The minimum atomic E-state index is -1.09. The molecule has 4 rings (SSSR count). The Bertz CT molecular complexity index is 986. The number of nitrogens with zero attached hydrogens (tertiary/aromatic N) is 3. The summed E-state index contributed by atoms with van der Waals surface area (Å²) in [5.74, 6) is -0.237. The number of para-hydroxylation sites is 1. The predicted molar refractivity (Wildman–Crippen MR) is 106 cm³/mol. The molecule has 0 spiro atoms. The molecule has 9 nitrogen and oxygen atoms in total. The van der Waals surface area contributed by atoms with Crippen molar-refractivity contribution in [3.8, 4) is 29.1 Å². The minimum Gasteiger partial charge on any atom is -0.478 e. The number of hydrogen-bond acceptors (Lipinski definition) is 8. The van der Waals surface area contributed by atoms with Crippen molar-refractivity contribution in [3.63, 3.8) is 0 Å². The summed E-state index contributed by atoms with van der Waals surface area (Å²) in [6, 6.07) is 11.6. The van der Waals surface area contributed by atoms with E-state index in [1.165, 1.54) is 12.3 Å². The van der Waals surface area contributed by atoms with Gasteiger partial charge in [0, 0.05) is 25.7 Å². The number of furan rings is 1. The molecule has 1 aliphatic rings. The smallest absolute Gasteiger partial charge is 0.339 e. The minimum absolute atomic E-state index is 0.0328. The maximum atomic E-state index is 11.5. The van der Waals surface area contributed by atoms with Crippen LogP contribution in [-0.2, 0) is 4.74 Å². The highest BCUT2D eigenvalue weighted by molar-refractivity contribution is 5.90. The van der Waals surface area contributed by atoms with Crippen LogP contribution in [0.5, 0.6) is 17.6 Å². The second-order valence-electron chi connectivity index (χ2n) is 6.56. The maximum absolute atomic E-state index is 11.5. The van der Waals surface area contributed by atoms with Gasteiger partial charge in [0.05, 0.1) is 19.5 Å². The van der Waals surface area contributed by atoms with Gasteiger partial charge in [-0.2, -0.15) is 9.97 Å². The van der Waals surface area contributed by atoms with Crippen LogP contribution in [-0.4, -0.2) is 65.4 Å². The number of carboxylic acids is 1. The van der Waals surface area contributed by atoms with Crippen molar-refractivity contribution in [1.29, 1.82) is 0 Å². The van der Waals surface area contributed by atoms with Gasteiger partial charge in [0.15, 0.2) is 5.76 Å². The zero-order valence-electron chi connectivity index (χ0n) is 16.2. The van der Waals surface area contributed by atoms with Crippen LogP contribution < -0.4 is 9.47 Å². The van der Waals surface area contributed by atoms with Crippen LogP contribution in [0.1, 0.15) is 10.4 Å². The highest BCUT2D eigenvalue weighted by Gasteiger charge is 2.16. The van der Waals surface area contributed by atoms with Gasteiger partial charge in [-0.15, -0.1) is 0 Å². The van der Waals surface area contributed by atoms with E-state index in [1.807, 2.05) is 0 Å². The SMILES string of the molecule is O=C(O)c1ccccc1Oc1cc(-c2ccco2)nc(OCCN2CCOCC2)n1. The normalized spacial score (nSPS) is 14.4. The summed E-state index contributed by atoms with van der Waals surface area (Å²) in [5.41, 5.74) is 0.504. The molecule has 30 heavy (non-hydrogen) atoms. The molecular formula is C21H21N3O6. The van der Waals surface area contributed by atoms with Gasteiger partial charge in [-0.3, -0.25) is 4.90 Å². The molecule has 1 N–H and O–H groups in total. The van der Waals surface area contributed by atoms with E-state index in [1.54, 1.807) is 36.4 Å². The number of aromatic nitrogens is 2. The number of carboxylic acid groups (broad SMARTS) is 1. The number of ether oxygens (including phenoxy) is 3. The van der Waals surface area contributed by atoms with Crippen molar-refractivity contribution in [3.05, 3.63) is 54.3 Å². The lowest BCUT2D eigenvalue weighted by atomic mass is 10.2. The summed E-state index contributed by atoms with van der Waals surface area (Å²) < 4.78 is 22.3. The van der Waals surface area contributed by atoms with E-state index >= 15 is 0 Å². The Morgan fingerprint density at radius 2 is 1.97 bits per heavy atom. The summed E-state index contributed by atoms with van der Waals surface area (Å²) in [6.07, 6.45) is 1.54. The molecule has 9 heteroatoms. The van der Waals surface area contributed by atoms with E-state index in [9.17, 15) is 9.90 Å². The monoisotopic (exact) mass is 411 g/mol. The fraction of sp³-hybridized carbons (Fsp3) is 0.286. The van der Waals surface area contributed by atoms with Crippen LogP contribution in [0.2, 0.25) is 0 Å². The third kappa shape index (κ3) is 4.94. The number of benzene rings is 1. The lowest BCUT2D eigenvalue weighted by Gasteiger charge is -2.26. The molecule has 156 valence electrons. The number of morpholine rings is 1. The predicted octanol–water partition coefficient (Wildman–Crippen LogP) is 2.94. The Kier molecular flexibility index (Phi) is 6.21. The molecule has 0 bridgehead atoms. The third-order valence-corrected chi connectivity index (χ3v) is 4.53. The Hall–Kier alpha value is -3.43. The maximum Gasteiger partial charge on any atom is 0.339 e. The second-order valence-corrected chi connectivity index (χ2v) is 6.56. The van der Waals surface area contributed by atoms with Crippen molar-refractivity contribution in [2.75, 3.05) is 39.5 Å². The van der Waals surface area contributed by atoms with Crippen molar-refractivity contribution in [2.45, 2.75) is 0 Å². The third-order valence-electron chi connectivity index (χ3n) is 4.53. The molecule has 2 aromatic heterocycles. The molecule has 0 atom stereocenters. The second kappa shape index (κ2) is 9.38. The van der Waals surface area contributed by atoms with E-state index in [-0.39, 0.29) is 23.2 Å². The molecule has 1 saturated heterocycles. The van der Waals surface area contributed by atoms with E-state index in [2.05, 4.69) is 14.9 Å². The lowest BCUT2D eigenvalue weighted by molar-refractivity contribution is 0.0317. The molecule has 3 heterocycles. The summed E-state index contributed by atoms with van der Waals surface area (Å²) in [5, 5.41) is 9.38. The summed E-state index contributed by atoms with van der Waals surface area (Å²) in [4.78, 5) is 22.4. The zero-order chi connectivity index (χ0) is 20.8. The number of aromatic carboxylic acids is 1. The molecule has 1 aromatic carbocycles. The van der Waals surface area contributed by atoms with Crippen LogP contribution in [0.3, 0.4) is 0 Å². The first-order chi connectivity index (χ1) is 14.7. The van der Waals surface area contributed by atoms with Crippen LogP contribution in [0.25, 0.3) is 11.5 Å². The molecule has 0 unspecified atom stereocenters. The van der Waals surface area contributed by atoms with Gasteiger partial charge in [0.2, 0.25) is 5.88 Å². The Morgan fingerprint density at radius 1 is 1.13 bits per heavy atom. The first-order valence-corrected chi connectivity index (χ1v) is 9.55. The van der Waals surface area contributed by atoms with Gasteiger partial charge in [-0.1, -0.05) is 12.1 Å². The molecular weight excluding hydrogens is 390 g/mol. The highest BCUT2D eigenvalue weighted by atomic mass is 16.5. The van der Waals surface area contributed by atoms with E-state index in [0.717, 1.165) is 19.6 Å². The van der Waals surface area contributed by atoms with Gasteiger partial charge in [0.1, 0.15) is 23.6 Å². The average Bonchev–Trinajstić information content (AvgIpc) is 3.30. The van der Waals surface area contributed by atoms with Crippen molar-refractivity contribution in [2.24, 2.45) is 0 Å². The Labute approximate surface area is 172 Å². The average molecular weight is 411 g/mol. The van der Waals surface area contributed by atoms with Crippen LogP contribution in [0.4, 0.5) is 0 Å². The molecule has 0 radical (unpaired) electrons. The van der Waals surface area contributed by atoms with Gasteiger partial charge < -0.3 is 23.7 Å². The first-order valence-electron chi connectivity index (χ1n) is 9.55. The van der Waals surface area contributed by atoms with E-state index < -0.39 is 5.97 Å². The van der Waals surface area contributed by atoms with Gasteiger partial charge in [-0.05, 0) is 24.3 Å².